The first kappa shape index (κ1) is 21.9. The van der Waals surface area contributed by atoms with Crippen LogP contribution < -0.4 is 0 Å². The van der Waals surface area contributed by atoms with Crippen molar-refractivity contribution in [2.45, 2.75) is 90.1 Å². The van der Waals surface area contributed by atoms with Crippen LogP contribution in [0.1, 0.15) is 77.6 Å². The zero-order valence-corrected chi connectivity index (χ0v) is 17.7. The Bertz CT molecular complexity index is 493. The molecule has 2 saturated heterocycles. The number of unbranched alkanes of at least 4 members (excludes halogenated alkanes) is 2. The number of rotatable bonds is 11. The smallest absolute Gasteiger partial charge is 0.157 e. The molecule has 5 nitrogen and oxygen atoms in total. The molecule has 5 heteroatoms. The van der Waals surface area contributed by atoms with Gasteiger partial charge in [-0.3, -0.25) is 4.99 Å². The number of hydrogen-bond acceptors (Lipinski definition) is 5. The number of hydrogen-bond donors (Lipinski definition) is 0. The lowest BCUT2D eigenvalue weighted by Crippen LogP contribution is -2.22. The summed E-state index contributed by atoms with van der Waals surface area (Å²) in [6.45, 7) is 6.53. The van der Waals surface area contributed by atoms with E-state index in [4.69, 9.17) is 23.9 Å². The van der Waals surface area contributed by atoms with Gasteiger partial charge in [0.2, 0.25) is 0 Å². The summed E-state index contributed by atoms with van der Waals surface area (Å²) in [6.07, 6.45) is 14.8. The average Bonchev–Trinajstić information content (AvgIpc) is 3.09. The van der Waals surface area contributed by atoms with Crippen molar-refractivity contribution in [3.05, 3.63) is 11.6 Å². The molecule has 0 aromatic carbocycles. The van der Waals surface area contributed by atoms with E-state index in [1.165, 1.54) is 37.0 Å². The van der Waals surface area contributed by atoms with Crippen molar-refractivity contribution in [1.29, 1.82) is 0 Å². The van der Waals surface area contributed by atoms with Gasteiger partial charge in [-0.15, -0.1) is 0 Å². The SMILES string of the molecule is CC1CN=C(CCCCOC2CCCCO2)/C1=C\CCCOC1CCCCO1. The van der Waals surface area contributed by atoms with Crippen LogP contribution in [0.5, 0.6) is 0 Å². The highest BCUT2D eigenvalue weighted by molar-refractivity contribution is 6.02. The molecule has 0 radical (unpaired) electrons. The molecule has 0 aliphatic carbocycles. The van der Waals surface area contributed by atoms with E-state index < -0.39 is 0 Å². The van der Waals surface area contributed by atoms with Gasteiger partial charge in [-0.2, -0.15) is 0 Å². The highest BCUT2D eigenvalue weighted by atomic mass is 16.7. The fraction of sp³-hybridized carbons (Fsp3) is 0.870. The maximum absolute atomic E-state index is 5.84. The molecule has 0 N–H and O–H groups in total. The fourth-order valence-corrected chi connectivity index (χ4v) is 4.11. The zero-order valence-electron chi connectivity index (χ0n) is 17.7. The number of nitrogens with zero attached hydrogens (tertiary/aromatic N) is 1. The molecular formula is C23H39NO4. The zero-order chi connectivity index (χ0) is 19.4. The largest absolute Gasteiger partial charge is 0.353 e. The monoisotopic (exact) mass is 393 g/mol. The average molecular weight is 394 g/mol. The topological polar surface area (TPSA) is 49.3 Å². The Morgan fingerprint density at radius 3 is 2.25 bits per heavy atom. The molecule has 3 atom stereocenters. The lowest BCUT2D eigenvalue weighted by molar-refractivity contribution is -0.162. The highest BCUT2D eigenvalue weighted by Crippen LogP contribution is 2.24. The minimum Gasteiger partial charge on any atom is -0.353 e. The van der Waals surface area contributed by atoms with Crippen LogP contribution in [0.2, 0.25) is 0 Å². The number of aliphatic imine (C=N–C) groups is 1. The van der Waals surface area contributed by atoms with Crippen LogP contribution in [-0.4, -0.2) is 51.3 Å². The van der Waals surface area contributed by atoms with E-state index in [2.05, 4.69) is 13.0 Å². The summed E-state index contributed by atoms with van der Waals surface area (Å²) >= 11 is 0. The van der Waals surface area contributed by atoms with Gasteiger partial charge in [-0.05, 0) is 76.2 Å². The molecule has 3 rings (SSSR count). The minimum atomic E-state index is 0.0326. The molecule has 0 spiro atoms. The van der Waals surface area contributed by atoms with E-state index in [1.54, 1.807) is 0 Å². The molecular weight excluding hydrogens is 354 g/mol. The normalized spacial score (nSPS) is 30.0. The Morgan fingerprint density at radius 2 is 1.61 bits per heavy atom. The molecule has 3 aliphatic heterocycles. The van der Waals surface area contributed by atoms with Gasteiger partial charge in [-0.25, -0.2) is 0 Å². The van der Waals surface area contributed by atoms with Crippen molar-refractivity contribution in [2.75, 3.05) is 33.0 Å². The molecule has 0 aromatic heterocycles. The van der Waals surface area contributed by atoms with Gasteiger partial charge in [0.1, 0.15) is 0 Å². The Morgan fingerprint density at radius 1 is 0.929 bits per heavy atom. The minimum absolute atomic E-state index is 0.0326. The number of ether oxygens (including phenoxy) is 4. The van der Waals surface area contributed by atoms with Gasteiger partial charge >= 0.3 is 0 Å². The van der Waals surface area contributed by atoms with E-state index in [0.29, 0.717) is 5.92 Å². The van der Waals surface area contributed by atoms with E-state index >= 15 is 0 Å². The third-order valence-electron chi connectivity index (χ3n) is 5.82. The van der Waals surface area contributed by atoms with E-state index in [9.17, 15) is 0 Å². The van der Waals surface area contributed by atoms with Gasteiger partial charge in [0.25, 0.3) is 0 Å². The van der Waals surface area contributed by atoms with E-state index in [1.807, 2.05) is 0 Å². The quantitative estimate of drug-likeness (QED) is 0.461. The highest BCUT2D eigenvalue weighted by Gasteiger charge is 2.20. The van der Waals surface area contributed by atoms with Gasteiger partial charge in [0.15, 0.2) is 12.6 Å². The molecule has 0 bridgehead atoms. The van der Waals surface area contributed by atoms with Crippen molar-refractivity contribution < 1.29 is 18.9 Å². The van der Waals surface area contributed by atoms with Crippen molar-refractivity contribution in [1.82, 2.24) is 0 Å². The van der Waals surface area contributed by atoms with Gasteiger partial charge in [0.05, 0.1) is 6.61 Å². The molecule has 3 heterocycles. The molecule has 0 amide bonds. The Hall–Kier alpha value is -0.750. The molecule has 2 fully saturated rings. The molecule has 0 saturated carbocycles. The summed E-state index contributed by atoms with van der Waals surface area (Å²) in [5, 5.41) is 0. The lowest BCUT2D eigenvalue weighted by atomic mass is 9.95. The number of allylic oxidation sites excluding steroid dienone is 1. The van der Waals surface area contributed by atoms with Crippen molar-refractivity contribution in [2.24, 2.45) is 10.9 Å². The first-order valence-electron chi connectivity index (χ1n) is 11.5. The summed E-state index contributed by atoms with van der Waals surface area (Å²) in [7, 11) is 0. The van der Waals surface area contributed by atoms with Crippen LogP contribution in [0.3, 0.4) is 0 Å². The molecule has 28 heavy (non-hydrogen) atoms. The van der Waals surface area contributed by atoms with Gasteiger partial charge in [-0.1, -0.05) is 13.0 Å². The summed E-state index contributed by atoms with van der Waals surface area (Å²) in [5.41, 5.74) is 2.78. The van der Waals surface area contributed by atoms with Crippen molar-refractivity contribution in [3.8, 4) is 0 Å². The molecule has 3 unspecified atom stereocenters. The Kier molecular flexibility index (Phi) is 9.98. The first-order valence-corrected chi connectivity index (χ1v) is 11.5. The second kappa shape index (κ2) is 12.7. The molecule has 160 valence electrons. The Labute approximate surface area is 170 Å². The third-order valence-corrected chi connectivity index (χ3v) is 5.82. The fourth-order valence-electron chi connectivity index (χ4n) is 4.11. The summed E-state index contributed by atoms with van der Waals surface area (Å²) in [5.74, 6) is 0.560. The van der Waals surface area contributed by atoms with Crippen molar-refractivity contribution >= 4 is 5.71 Å². The Balaban J connectivity index is 1.27. The maximum atomic E-state index is 5.84. The van der Waals surface area contributed by atoms with Crippen LogP contribution in [0.25, 0.3) is 0 Å². The van der Waals surface area contributed by atoms with Crippen molar-refractivity contribution in [3.63, 3.8) is 0 Å². The second-order valence-electron chi connectivity index (χ2n) is 8.28. The van der Waals surface area contributed by atoms with Crippen LogP contribution in [0.4, 0.5) is 0 Å². The summed E-state index contributed by atoms with van der Waals surface area (Å²) in [4.78, 5) is 4.79. The van der Waals surface area contributed by atoms with Crippen LogP contribution in [0, 0.1) is 5.92 Å². The van der Waals surface area contributed by atoms with Crippen LogP contribution >= 0.6 is 0 Å². The third kappa shape index (κ3) is 7.58. The standard InChI is InChI=1S/C23H39NO4/c1-19-18-24-21(11-3-7-15-26-23-13-5-9-17-28-23)20(19)10-2-6-14-25-22-12-4-8-16-27-22/h10,19,22-23H,2-9,11-18H2,1H3/b20-10-. The summed E-state index contributed by atoms with van der Waals surface area (Å²) < 4.78 is 22.9. The van der Waals surface area contributed by atoms with Gasteiger partial charge in [0, 0.05) is 38.0 Å². The molecule has 3 aliphatic rings. The lowest BCUT2D eigenvalue weighted by Gasteiger charge is -2.22. The predicted octanol–water partition coefficient (Wildman–Crippen LogP) is 5.04. The van der Waals surface area contributed by atoms with Gasteiger partial charge < -0.3 is 18.9 Å². The molecule has 0 aromatic rings. The summed E-state index contributed by atoms with van der Waals surface area (Å²) in [6, 6.07) is 0. The van der Waals surface area contributed by atoms with Crippen LogP contribution in [0.15, 0.2) is 16.6 Å². The first-order chi connectivity index (χ1) is 13.8. The van der Waals surface area contributed by atoms with Crippen LogP contribution in [-0.2, 0) is 18.9 Å². The second-order valence-corrected chi connectivity index (χ2v) is 8.28. The predicted molar refractivity (Wildman–Crippen MR) is 112 cm³/mol. The van der Waals surface area contributed by atoms with E-state index in [0.717, 1.165) is 77.9 Å². The van der Waals surface area contributed by atoms with E-state index in [-0.39, 0.29) is 12.6 Å². The maximum Gasteiger partial charge on any atom is 0.157 e.